The fraction of sp³-hybridized carbons (Fsp3) is 0.444. The minimum atomic E-state index is -0.803. The van der Waals surface area contributed by atoms with Crippen molar-refractivity contribution in [2.75, 3.05) is 13.2 Å². The van der Waals surface area contributed by atoms with Crippen LogP contribution in [0.3, 0.4) is 0 Å². The summed E-state index contributed by atoms with van der Waals surface area (Å²) in [5.74, 6) is -1.29. The number of benzene rings is 2. The highest BCUT2D eigenvalue weighted by Crippen LogP contribution is 2.44. The zero-order valence-corrected chi connectivity index (χ0v) is 19.7. The quantitative estimate of drug-likeness (QED) is 0.633. The molecule has 0 aromatic heterocycles. The maximum absolute atomic E-state index is 12.9. The third-order valence-corrected chi connectivity index (χ3v) is 7.13. The first-order chi connectivity index (χ1) is 16.4. The Morgan fingerprint density at radius 3 is 2.26 bits per heavy atom. The minimum Gasteiger partial charge on any atom is -0.481 e. The van der Waals surface area contributed by atoms with Crippen molar-refractivity contribution in [3.05, 3.63) is 59.7 Å². The number of nitrogens with zero attached hydrogens (tertiary/aromatic N) is 1. The lowest BCUT2D eigenvalue weighted by molar-refractivity contribution is -0.147. The fourth-order valence-corrected chi connectivity index (χ4v) is 5.20. The van der Waals surface area contributed by atoms with Gasteiger partial charge in [-0.1, -0.05) is 55.5 Å². The smallest absolute Gasteiger partial charge is 0.407 e. The highest BCUT2D eigenvalue weighted by atomic mass is 16.5. The number of carboxylic acids is 1. The number of carboxylic acid groups (broad SMARTS) is 1. The number of carbonyl (C=O) groups is 3. The predicted octanol–water partition coefficient (Wildman–Crippen LogP) is 4.41. The number of fused-ring (bicyclic) bond motifs is 3. The average molecular weight is 465 g/mol. The molecule has 2 amide bonds. The molecule has 3 atom stereocenters. The third kappa shape index (κ3) is 4.93. The molecule has 1 aliphatic carbocycles. The van der Waals surface area contributed by atoms with E-state index in [-0.39, 0.29) is 36.9 Å². The lowest BCUT2D eigenvalue weighted by Gasteiger charge is -2.37. The molecule has 4 rings (SSSR count). The molecule has 1 aliphatic heterocycles. The number of ether oxygens (including phenoxy) is 1. The van der Waals surface area contributed by atoms with Gasteiger partial charge >= 0.3 is 12.1 Å². The molecular weight excluding hydrogens is 432 g/mol. The van der Waals surface area contributed by atoms with Crippen LogP contribution in [0.5, 0.6) is 0 Å². The first kappa shape index (κ1) is 23.8. The van der Waals surface area contributed by atoms with Gasteiger partial charge < -0.3 is 20.1 Å². The molecule has 2 N–H and O–H groups in total. The van der Waals surface area contributed by atoms with E-state index in [0.717, 1.165) is 11.1 Å². The predicted molar refractivity (Wildman–Crippen MR) is 128 cm³/mol. The lowest BCUT2D eigenvalue weighted by Crippen LogP contribution is -2.48. The van der Waals surface area contributed by atoms with Crippen LogP contribution < -0.4 is 5.32 Å². The van der Waals surface area contributed by atoms with Crippen LogP contribution in [0.25, 0.3) is 11.1 Å². The van der Waals surface area contributed by atoms with E-state index in [4.69, 9.17) is 4.74 Å². The van der Waals surface area contributed by atoms with Gasteiger partial charge in [0.25, 0.3) is 0 Å². The lowest BCUT2D eigenvalue weighted by atomic mass is 9.91. The number of rotatable bonds is 7. The molecule has 0 radical (unpaired) electrons. The van der Waals surface area contributed by atoms with Crippen LogP contribution in [-0.4, -0.2) is 53.2 Å². The zero-order valence-electron chi connectivity index (χ0n) is 19.7. The number of piperidine rings is 1. The molecule has 7 nitrogen and oxygen atoms in total. The molecule has 2 aromatic rings. The molecule has 3 unspecified atom stereocenters. The summed E-state index contributed by atoms with van der Waals surface area (Å²) in [5, 5.41) is 12.1. The second kappa shape index (κ2) is 10.3. The Kier molecular flexibility index (Phi) is 7.20. The van der Waals surface area contributed by atoms with Gasteiger partial charge in [-0.25, -0.2) is 4.79 Å². The molecule has 2 aliphatic rings. The average Bonchev–Trinajstić information content (AvgIpc) is 3.15. The zero-order chi connectivity index (χ0) is 24.2. The molecule has 0 bridgehead atoms. The van der Waals surface area contributed by atoms with Gasteiger partial charge in [0.05, 0.1) is 5.92 Å². The van der Waals surface area contributed by atoms with Gasteiger partial charge in [0, 0.05) is 31.0 Å². The molecule has 2 aromatic carbocycles. The van der Waals surface area contributed by atoms with E-state index in [0.29, 0.717) is 25.8 Å². The van der Waals surface area contributed by atoms with Gasteiger partial charge in [0.15, 0.2) is 0 Å². The van der Waals surface area contributed by atoms with Gasteiger partial charge in [-0.2, -0.15) is 0 Å². The molecule has 7 heteroatoms. The molecule has 1 fully saturated rings. The van der Waals surface area contributed by atoms with Gasteiger partial charge in [0.2, 0.25) is 5.91 Å². The maximum Gasteiger partial charge on any atom is 0.407 e. The number of amides is 2. The van der Waals surface area contributed by atoms with Crippen molar-refractivity contribution < 1.29 is 24.2 Å². The first-order valence-corrected chi connectivity index (χ1v) is 12.0. The van der Waals surface area contributed by atoms with Crippen molar-refractivity contribution in [1.29, 1.82) is 0 Å². The van der Waals surface area contributed by atoms with Crippen molar-refractivity contribution in [2.24, 2.45) is 5.92 Å². The summed E-state index contributed by atoms with van der Waals surface area (Å²) < 4.78 is 5.62. The van der Waals surface area contributed by atoms with Gasteiger partial charge in [-0.15, -0.1) is 0 Å². The van der Waals surface area contributed by atoms with Gasteiger partial charge in [-0.05, 0) is 48.4 Å². The van der Waals surface area contributed by atoms with Crippen LogP contribution >= 0.6 is 0 Å². The number of nitrogens with one attached hydrogen (secondary N) is 1. The Hall–Kier alpha value is -3.35. The van der Waals surface area contributed by atoms with Crippen LogP contribution in [0, 0.1) is 5.92 Å². The minimum absolute atomic E-state index is 0.0174. The fourth-order valence-electron chi connectivity index (χ4n) is 5.20. The topological polar surface area (TPSA) is 95.9 Å². The second-order valence-corrected chi connectivity index (χ2v) is 9.27. The Balaban J connectivity index is 1.32. The van der Waals surface area contributed by atoms with E-state index < -0.39 is 18.0 Å². The van der Waals surface area contributed by atoms with Crippen molar-refractivity contribution in [2.45, 2.75) is 57.5 Å². The van der Waals surface area contributed by atoms with Crippen LogP contribution in [0.1, 0.15) is 56.6 Å². The Morgan fingerprint density at radius 1 is 1.09 bits per heavy atom. The highest BCUT2D eigenvalue weighted by molar-refractivity contribution is 5.80. The van der Waals surface area contributed by atoms with Crippen molar-refractivity contribution in [3.8, 4) is 11.1 Å². The van der Waals surface area contributed by atoms with E-state index >= 15 is 0 Å². The third-order valence-electron chi connectivity index (χ3n) is 7.13. The number of hydrogen-bond donors (Lipinski definition) is 2. The summed E-state index contributed by atoms with van der Waals surface area (Å²) in [5.41, 5.74) is 4.64. The molecule has 1 heterocycles. The summed E-state index contributed by atoms with van der Waals surface area (Å²) in [6, 6.07) is 15.9. The number of alkyl carbamates (subject to hydrolysis) is 1. The Bertz CT molecular complexity index is 1020. The van der Waals surface area contributed by atoms with E-state index in [2.05, 4.69) is 29.6 Å². The summed E-state index contributed by atoms with van der Waals surface area (Å²) in [6.07, 6.45) is 1.15. The van der Waals surface area contributed by atoms with Crippen molar-refractivity contribution in [3.63, 3.8) is 0 Å². The first-order valence-electron chi connectivity index (χ1n) is 12.0. The largest absolute Gasteiger partial charge is 0.481 e. The summed E-state index contributed by atoms with van der Waals surface area (Å²) in [6.45, 7) is 4.46. The maximum atomic E-state index is 12.9. The summed E-state index contributed by atoms with van der Waals surface area (Å²) >= 11 is 0. The van der Waals surface area contributed by atoms with Crippen LogP contribution in [-0.2, 0) is 14.3 Å². The number of carbonyl (C=O) groups excluding carboxylic acids is 2. The van der Waals surface area contributed by atoms with Crippen LogP contribution in [0.15, 0.2) is 48.5 Å². The molecule has 1 saturated heterocycles. The molecule has 0 spiro atoms. The molecule has 34 heavy (non-hydrogen) atoms. The SMILES string of the molecule is CCC(CC(=O)N1CCC(C(=O)O)CC1C)NC(=O)OCC1c2ccccc2-c2ccccc21. The molecule has 0 saturated carbocycles. The van der Waals surface area contributed by atoms with Gasteiger partial charge in [-0.3, -0.25) is 9.59 Å². The van der Waals surface area contributed by atoms with E-state index in [1.807, 2.05) is 38.1 Å². The van der Waals surface area contributed by atoms with E-state index in [1.54, 1.807) is 4.90 Å². The number of aliphatic carboxylic acids is 1. The summed E-state index contributed by atoms with van der Waals surface area (Å²) in [7, 11) is 0. The van der Waals surface area contributed by atoms with E-state index in [1.165, 1.54) is 11.1 Å². The normalized spacial score (nSPS) is 20.2. The van der Waals surface area contributed by atoms with Crippen LogP contribution in [0.4, 0.5) is 4.79 Å². The molecular formula is C27H32N2O5. The monoisotopic (exact) mass is 464 g/mol. The van der Waals surface area contributed by atoms with Gasteiger partial charge in [0.1, 0.15) is 6.61 Å². The highest BCUT2D eigenvalue weighted by Gasteiger charge is 2.33. The van der Waals surface area contributed by atoms with Crippen molar-refractivity contribution >= 4 is 18.0 Å². The number of hydrogen-bond acceptors (Lipinski definition) is 4. The second-order valence-electron chi connectivity index (χ2n) is 9.27. The van der Waals surface area contributed by atoms with Crippen LogP contribution in [0.2, 0.25) is 0 Å². The molecule has 180 valence electrons. The van der Waals surface area contributed by atoms with Crippen molar-refractivity contribution in [1.82, 2.24) is 10.2 Å². The Morgan fingerprint density at radius 2 is 1.71 bits per heavy atom. The Labute approximate surface area is 200 Å². The standard InChI is InChI=1S/C27H32N2O5/c1-3-19(15-25(30)29-13-12-18(26(31)32)14-17(29)2)28-27(33)34-16-24-22-10-6-4-8-20(22)21-9-5-7-11-23(21)24/h4-11,17-19,24H,3,12-16H2,1-2H3,(H,28,33)(H,31,32). The van der Waals surface area contributed by atoms with E-state index in [9.17, 15) is 19.5 Å². The number of likely N-dealkylation sites (tertiary alicyclic amines) is 1. The summed E-state index contributed by atoms with van der Waals surface area (Å²) in [4.78, 5) is 38.5.